The maximum Gasteiger partial charge on any atom is 0.183 e. The van der Waals surface area contributed by atoms with Gasteiger partial charge in [-0.05, 0) is 6.92 Å². The average molecular weight is 206 g/mol. The van der Waals surface area contributed by atoms with E-state index < -0.39 is 0 Å². The molecule has 1 N–H and O–H groups in total. The number of aromatic nitrogens is 3. The van der Waals surface area contributed by atoms with E-state index in [0.717, 1.165) is 10.7 Å². The van der Waals surface area contributed by atoms with Gasteiger partial charge in [0.1, 0.15) is 6.33 Å². The fourth-order valence-corrected chi connectivity index (χ4v) is 1.70. The Labute approximate surface area is 86.1 Å². The van der Waals surface area contributed by atoms with Gasteiger partial charge in [-0.1, -0.05) is 0 Å². The van der Waals surface area contributed by atoms with Crippen LogP contribution in [0.2, 0.25) is 0 Å². The number of hydrogen-bond donors (Lipinski definition) is 1. The van der Waals surface area contributed by atoms with Crippen LogP contribution >= 0.6 is 11.3 Å². The Kier molecular flexibility index (Phi) is 2.69. The van der Waals surface area contributed by atoms with Crippen molar-refractivity contribution in [1.29, 1.82) is 0 Å². The molecule has 0 aliphatic carbocycles. The van der Waals surface area contributed by atoms with Crippen LogP contribution in [0, 0.1) is 6.92 Å². The molecule has 2 rings (SSSR count). The SMILES string of the molecule is Cc1cnc(NCc2cncnc2)s1. The average Bonchev–Trinajstić information content (AvgIpc) is 2.63. The zero-order valence-electron chi connectivity index (χ0n) is 7.77. The van der Waals surface area contributed by atoms with E-state index in [1.165, 1.54) is 11.2 Å². The first-order chi connectivity index (χ1) is 6.84. The Morgan fingerprint density at radius 3 is 2.71 bits per heavy atom. The zero-order valence-corrected chi connectivity index (χ0v) is 8.58. The van der Waals surface area contributed by atoms with E-state index >= 15 is 0 Å². The molecule has 0 fully saturated rings. The van der Waals surface area contributed by atoms with Gasteiger partial charge >= 0.3 is 0 Å². The van der Waals surface area contributed by atoms with Crippen LogP contribution in [0.25, 0.3) is 0 Å². The number of rotatable bonds is 3. The summed E-state index contributed by atoms with van der Waals surface area (Å²) in [5.41, 5.74) is 1.06. The predicted octanol–water partition coefficient (Wildman–Crippen LogP) is 1.85. The third kappa shape index (κ3) is 2.26. The van der Waals surface area contributed by atoms with Gasteiger partial charge in [-0.25, -0.2) is 15.0 Å². The molecule has 0 atom stereocenters. The van der Waals surface area contributed by atoms with Crippen molar-refractivity contribution in [1.82, 2.24) is 15.0 Å². The van der Waals surface area contributed by atoms with Crippen LogP contribution in [0.5, 0.6) is 0 Å². The van der Waals surface area contributed by atoms with Crippen LogP contribution in [0.4, 0.5) is 5.13 Å². The molecule has 0 saturated carbocycles. The molecule has 0 aliphatic heterocycles. The minimum absolute atomic E-state index is 0.716. The van der Waals surface area contributed by atoms with Crippen molar-refractivity contribution in [3.05, 3.63) is 35.4 Å². The lowest BCUT2D eigenvalue weighted by atomic mass is 10.3. The van der Waals surface area contributed by atoms with E-state index in [4.69, 9.17) is 0 Å². The van der Waals surface area contributed by atoms with Gasteiger partial charge in [0.05, 0.1) is 0 Å². The van der Waals surface area contributed by atoms with E-state index in [2.05, 4.69) is 20.3 Å². The summed E-state index contributed by atoms with van der Waals surface area (Å²) in [5, 5.41) is 4.15. The number of nitrogens with one attached hydrogen (secondary N) is 1. The molecule has 72 valence electrons. The highest BCUT2D eigenvalue weighted by molar-refractivity contribution is 7.15. The van der Waals surface area contributed by atoms with Gasteiger partial charge in [-0.15, -0.1) is 11.3 Å². The van der Waals surface area contributed by atoms with Crippen LogP contribution in [-0.4, -0.2) is 15.0 Å². The summed E-state index contributed by atoms with van der Waals surface area (Å²) in [6.45, 7) is 2.75. The van der Waals surface area contributed by atoms with Crippen LogP contribution < -0.4 is 5.32 Å². The first-order valence-corrected chi connectivity index (χ1v) is 5.06. The summed E-state index contributed by atoms with van der Waals surface area (Å²) in [6, 6.07) is 0. The number of anilines is 1. The highest BCUT2D eigenvalue weighted by Gasteiger charge is 1.97. The number of nitrogens with zero attached hydrogens (tertiary/aromatic N) is 3. The molecule has 0 unspecified atom stereocenters. The highest BCUT2D eigenvalue weighted by Crippen LogP contribution is 2.16. The lowest BCUT2D eigenvalue weighted by molar-refractivity contribution is 1.05. The molecule has 0 aliphatic rings. The first-order valence-electron chi connectivity index (χ1n) is 4.25. The summed E-state index contributed by atoms with van der Waals surface area (Å²) in [7, 11) is 0. The first kappa shape index (κ1) is 9.08. The summed E-state index contributed by atoms with van der Waals surface area (Å²) >= 11 is 1.64. The van der Waals surface area contributed by atoms with E-state index in [1.807, 2.05) is 13.1 Å². The summed E-state index contributed by atoms with van der Waals surface area (Å²) in [4.78, 5) is 13.3. The van der Waals surface area contributed by atoms with Crippen molar-refractivity contribution in [2.45, 2.75) is 13.5 Å². The minimum atomic E-state index is 0.716. The molecular formula is C9H10N4S. The van der Waals surface area contributed by atoms with E-state index in [9.17, 15) is 0 Å². The van der Waals surface area contributed by atoms with Crippen molar-refractivity contribution in [2.75, 3.05) is 5.32 Å². The fraction of sp³-hybridized carbons (Fsp3) is 0.222. The molecule has 5 heteroatoms. The molecule has 14 heavy (non-hydrogen) atoms. The van der Waals surface area contributed by atoms with Crippen molar-refractivity contribution < 1.29 is 0 Å². The Morgan fingerprint density at radius 1 is 1.29 bits per heavy atom. The molecule has 0 amide bonds. The minimum Gasteiger partial charge on any atom is -0.357 e. The van der Waals surface area contributed by atoms with Gasteiger partial charge in [0.2, 0.25) is 0 Å². The maximum absolute atomic E-state index is 4.20. The summed E-state index contributed by atoms with van der Waals surface area (Å²) < 4.78 is 0. The van der Waals surface area contributed by atoms with Crippen LogP contribution in [0.15, 0.2) is 24.9 Å². The second-order valence-corrected chi connectivity index (χ2v) is 4.11. The Bertz CT molecular complexity index is 398. The van der Waals surface area contributed by atoms with E-state index in [0.29, 0.717) is 6.54 Å². The number of aryl methyl sites for hydroxylation is 1. The Balaban J connectivity index is 1.95. The number of thiazole rings is 1. The lowest BCUT2D eigenvalue weighted by Gasteiger charge is -2.00. The Morgan fingerprint density at radius 2 is 2.07 bits per heavy atom. The van der Waals surface area contributed by atoms with Crippen molar-refractivity contribution in [2.24, 2.45) is 0 Å². The third-order valence-electron chi connectivity index (χ3n) is 1.68. The molecule has 4 nitrogen and oxygen atoms in total. The van der Waals surface area contributed by atoms with Crippen LogP contribution in [0.3, 0.4) is 0 Å². The van der Waals surface area contributed by atoms with E-state index in [-0.39, 0.29) is 0 Å². The maximum atomic E-state index is 4.20. The van der Waals surface area contributed by atoms with E-state index in [1.54, 1.807) is 23.7 Å². The van der Waals surface area contributed by atoms with Crippen molar-refractivity contribution >= 4 is 16.5 Å². The molecule has 0 radical (unpaired) electrons. The standard InChI is InChI=1S/C9H10N4S/c1-7-2-12-9(14-7)13-5-8-3-10-6-11-4-8/h2-4,6H,5H2,1H3,(H,12,13). The fourth-order valence-electron chi connectivity index (χ4n) is 1.04. The van der Waals surface area contributed by atoms with Gasteiger partial charge in [0, 0.05) is 35.6 Å². The molecule has 0 saturated heterocycles. The van der Waals surface area contributed by atoms with Crippen molar-refractivity contribution in [3.63, 3.8) is 0 Å². The molecule has 0 bridgehead atoms. The quantitative estimate of drug-likeness (QED) is 0.832. The van der Waals surface area contributed by atoms with Crippen LogP contribution in [-0.2, 0) is 6.54 Å². The third-order valence-corrected chi connectivity index (χ3v) is 2.55. The predicted molar refractivity (Wildman–Crippen MR) is 56.2 cm³/mol. The molecule has 2 heterocycles. The molecular weight excluding hydrogens is 196 g/mol. The van der Waals surface area contributed by atoms with Gasteiger partial charge in [0.15, 0.2) is 5.13 Å². The monoisotopic (exact) mass is 206 g/mol. The lowest BCUT2D eigenvalue weighted by Crippen LogP contribution is -1.99. The zero-order chi connectivity index (χ0) is 9.80. The summed E-state index contributed by atoms with van der Waals surface area (Å²) in [6.07, 6.45) is 6.96. The molecule has 2 aromatic heterocycles. The second-order valence-electron chi connectivity index (χ2n) is 2.88. The topological polar surface area (TPSA) is 50.7 Å². The van der Waals surface area contributed by atoms with Gasteiger partial charge in [-0.2, -0.15) is 0 Å². The highest BCUT2D eigenvalue weighted by atomic mass is 32.1. The van der Waals surface area contributed by atoms with Gasteiger partial charge in [-0.3, -0.25) is 0 Å². The Hall–Kier alpha value is -1.49. The van der Waals surface area contributed by atoms with Crippen LogP contribution in [0.1, 0.15) is 10.4 Å². The smallest absolute Gasteiger partial charge is 0.183 e. The summed E-state index contributed by atoms with van der Waals surface area (Å²) in [5.74, 6) is 0. The second kappa shape index (κ2) is 4.15. The molecule has 2 aromatic rings. The van der Waals surface area contributed by atoms with Gasteiger partial charge in [0.25, 0.3) is 0 Å². The van der Waals surface area contributed by atoms with Gasteiger partial charge < -0.3 is 5.32 Å². The molecule has 0 aromatic carbocycles. The molecule has 0 spiro atoms. The normalized spacial score (nSPS) is 10.1. The van der Waals surface area contributed by atoms with Crippen molar-refractivity contribution in [3.8, 4) is 0 Å². The largest absolute Gasteiger partial charge is 0.357 e. The number of hydrogen-bond acceptors (Lipinski definition) is 5.